The molecular weight excluding hydrogens is 519 g/mol. The number of rotatable bonds is 6. The Hall–Kier alpha value is -3.84. The Morgan fingerprint density at radius 2 is 1.94 bits per heavy atom. The fourth-order valence-electron chi connectivity index (χ4n) is 3.42. The number of pyridine rings is 1. The maximum atomic E-state index is 13.9. The second-order valence-electron chi connectivity index (χ2n) is 7.61. The van der Waals surface area contributed by atoms with Crippen molar-refractivity contribution in [2.45, 2.75) is 26.1 Å². The minimum Gasteiger partial charge on any atom is -0.448 e. The highest BCUT2D eigenvalue weighted by atomic mass is 32.1. The number of hydrogen-bond donors (Lipinski definition) is 1. The van der Waals surface area contributed by atoms with E-state index in [9.17, 15) is 32.9 Å². The summed E-state index contributed by atoms with van der Waals surface area (Å²) in [6.45, 7) is 2.65. The molecule has 1 amide bonds. The number of thiophene rings is 2. The number of carbonyl (C=O) groups excluding carboxylic acids is 2. The molecule has 186 valence electrons. The molecule has 0 aliphatic carbocycles. The number of halogens is 3. The van der Waals surface area contributed by atoms with Crippen LogP contribution in [0.25, 0.3) is 20.8 Å². The van der Waals surface area contributed by atoms with E-state index in [0.717, 1.165) is 23.5 Å². The highest BCUT2D eigenvalue weighted by Gasteiger charge is 2.36. The van der Waals surface area contributed by atoms with Crippen molar-refractivity contribution in [3.8, 4) is 10.6 Å². The summed E-state index contributed by atoms with van der Waals surface area (Å²) in [5, 5.41) is 14.8. The first-order valence-electron chi connectivity index (χ1n) is 10.3. The molecule has 3 aromatic heterocycles. The molecule has 0 aliphatic rings. The van der Waals surface area contributed by atoms with E-state index in [-0.39, 0.29) is 37.7 Å². The van der Waals surface area contributed by atoms with Gasteiger partial charge in [0.25, 0.3) is 11.6 Å². The smallest absolute Gasteiger partial charge is 0.417 e. The van der Waals surface area contributed by atoms with Crippen molar-refractivity contribution in [3.05, 3.63) is 74.0 Å². The van der Waals surface area contributed by atoms with Crippen molar-refractivity contribution in [3.63, 3.8) is 0 Å². The van der Waals surface area contributed by atoms with Crippen molar-refractivity contribution >= 4 is 56.1 Å². The van der Waals surface area contributed by atoms with Gasteiger partial charge in [-0.25, -0.2) is 9.78 Å². The molecule has 1 unspecified atom stereocenters. The lowest BCUT2D eigenvalue weighted by molar-refractivity contribution is -0.384. The number of nitro groups is 1. The van der Waals surface area contributed by atoms with Gasteiger partial charge in [-0.15, -0.1) is 22.7 Å². The van der Waals surface area contributed by atoms with Gasteiger partial charge in [0.1, 0.15) is 9.71 Å². The van der Waals surface area contributed by atoms with E-state index in [1.165, 1.54) is 43.4 Å². The van der Waals surface area contributed by atoms with Crippen LogP contribution >= 0.6 is 22.7 Å². The van der Waals surface area contributed by atoms with Crippen molar-refractivity contribution in [1.82, 2.24) is 4.98 Å². The van der Waals surface area contributed by atoms with Gasteiger partial charge in [-0.2, -0.15) is 13.2 Å². The van der Waals surface area contributed by atoms with Gasteiger partial charge < -0.3 is 10.1 Å². The topological polar surface area (TPSA) is 111 Å². The summed E-state index contributed by atoms with van der Waals surface area (Å²) in [5.74, 6) is -1.75. The largest absolute Gasteiger partial charge is 0.448 e. The average Bonchev–Trinajstić information content (AvgIpc) is 3.46. The van der Waals surface area contributed by atoms with Gasteiger partial charge >= 0.3 is 12.1 Å². The zero-order valence-electron chi connectivity index (χ0n) is 18.6. The number of alkyl halides is 3. The van der Waals surface area contributed by atoms with Crippen molar-refractivity contribution in [2.75, 3.05) is 5.32 Å². The zero-order chi connectivity index (χ0) is 26.2. The standard InChI is InChI=1S/C23H16F3N3O5S2/c1-11-18-15(23(24,25)26)10-16(17-7-4-8-35-17)28-21(18)36-19(11)22(31)34-12(2)20(30)27-13-5-3-6-14(9-13)29(32)33/h3-10,12H,1-2H3,(H,27,30). The van der Waals surface area contributed by atoms with Crippen LogP contribution in [0.1, 0.15) is 27.7 Å². The Labute approximate surface area is 209 Å². The first-order valence-corrected chi connectivity index (χ1v) is 12.0. The van der Waals surface area contributed by atoms with Gasteiger partial charge in [0.2, 0.25) is 0 Å². The van der Waals surface area contributed by atoms with E-state index in [4.69, 9.17) is 4.74 Å². The maximum absolute atomic E-state index is 13.9. The molecule has 1 aromatic carbocycles. The number of benzene rings is 1. The number of aryl methyl sites for hydroxylation is 1. The Morgan fingerprint density at radius 1 is 1.19 bits per heavy atom. The molecule has 1 N–H and O–H groups in total. The molecule has 0 saturated heterocycles. The molecule has 0 saturated carbocycles. The third-order valence-corrected chi connectivity index (χ3v) is 7.20. The summed E-state index contributed by atoms with van der Waals surface area (Å²) in [4.78, 5) is 40.4. The van der Waals surface area contributed by atoms with Crippen LogP contribution in [0.2, 0.25) is 0 Å². The van der Waals surface area contributed by atoms with Crippen LogP contribution in [0.5, 0.6) is 0 Å². The summed E-state index contributed by atoms with van der Waals surface area (Å²) >= 11 is 1.99. The number of nitrogens with one attached hydrogen (secondary N) is 1. The van der Waals surface area contributed by atoms with Crippen LogP contribution in [-0.2, 0) is 15.7 Å². The zero-order valence-corrected chi connectivity index (χ0v) is 20.2. The van der Waals surface area contributed by atoms with Gasteiger partial charge in [-0.1, -0.05) is 12.1 Å². The number of ether oxygens (including phenoxy) is 1. The van der Waals surface area contributed by atoms with Gasteiger partial charge in [0.15, 0.2) is 6.10 Å². The molecule has 1 atom stereocenters. The van der Waals surface area contributed by atoms with Crippen LogP contribution < -0.4 is 5.32 Å². The fraction of sp³-hybridized carbons (Fsp3) is 0.174. The number of nitrogens with zero attached hydrogens (tertiary/aromatic N) is 2. The van der Waals surface area contributed by atoms with E-state index in [0.29, 0.717) is 4.88 Å². The second kappa shape index (κ2) is 9.66. The van der Waals surface area contributed by atoms with Crippen LogP contribution in [0, 0.1) is 17.0 Å². The minimum absolute atomic E-state index is 0.0198. The fourth-order valence-corrected chi connectivity index (χ4v) is 5.20. The number of amides is 1. The molecule has 36 heavy (non-hydrogen) atoms. The van der Waals surface area contributed by atoms with Gasteiger partial charge in [0, 0.05) is 23.2 Å². The molecule has 3 heterocycles. The minimum atomic E-state index is -4.69. The molecule has 4 aromatic rings. The highest BCUT2D eigenvalue weighted by Crippen LogP contribution is 2.42. The average molecular weight is 536 g/mol. The molecule has 8 nitrogen and oxygen atoms in total. The summed E-state index contributed by atoms with van der Waals surface area (Å²) < 4.78 is 46.9. The van der Waals surface area contributed by atoms with Gasteiger partial charge in [-0.05, 0) is 43.0 Å². The predicted molar refractivity (Wildman–Crippen MR) is 129 cm³/mol. The van der Waals surface area contributed by atoms with Crippen LogP contribution in [0.4, 0.5) is 24.5 Å². The van der Waals surface area contributed by atoms with Gasteiger partial charge in [0.05, 0.1) is 21.1 Å². The number of aromatic nitrogens is 1. The molecular formula is C23H16F3N3O5S2. The highest BCUT2D eigenvalue weighted by molar-refractivity contribution is 7.20. The number of anilines is 1. The lowest BCUT2D eigenvalue weighted by Crippen LogP contribution is -2.30. The van der Waals surface area contributed by atoms with E-state index in [1.54, 1.807) is 17.5 Å². The molecule has 0 fully saturated rings. The SMILES string of the molecule is Cc1c(C(=O)OC(C)C(=O)Nc2cccc([N+](=O)[O-])c2)sc2nc(-c3cccs3)cc(C(F)(F)F)c12. The van der Waals surface area contributed by atoms with Crippen molar-refractivity contribution in [1.29, 1.82) is 0 Å². The van der Waals surface area contributed by atoms with Gasteiger partial charge in [-0.3, -0.25) is 14.9 Å². The number of hydrogen-bond acceptors (Lipinski definition) is 8. The van der Waals surface area contributed by atoms with E-state index in [1.807, 2.05) is 0 Å². The summed E-state index contributed by atoms with van der Waals surface area (Å²) in [5.41, 5.74) is -0.858. The van der Waals surface area contributed by atoms with Crippen LogP contribution in [0.3, 0.4) is 0 Å². The molecule has 0 radical (unpaired) electrons. The van der Waals surface area contributed by atoms with Crippen LogP contribution in [-0.4, -0.2) is 27.9 Å². The summed E-state index contributed by atoms with van der Waals surface area (Å²) in [6.07, 6.45) is -6.02. The van der Waals surface area contributed by atoms with Crippen LogP contribution in [0.15, 0.2) is 47.8 Å². The first kappa shape index (κ1) is 25.3. The van der Waals surface area contributed by atoms with E-state index in [2.05, 4.69) is 10.3 Å². The number of esters is 1. The summed E-state index contributed by atoms with van der Waals surface area (Å²) in [7, 11) is 0. The Balaban J connectivity index is 1.61. The third kappa shape index (κ3) is 5.06. The first-order chi connectivity index (χ1) is 17.0. The second-order valence-corrected chi connectivity index (χ2v) is 9.56. The number of non-ortho nitro benzene ring substituents is 1. The molecule has 0 bridgehead atoms. The summed E-state index contributed by atoms with van der Waals surface area (Å²) in [6, 6.07) is 9.48. The maximum Gasteiger partial charge on any atom is 0.417 e. The molecule has 13 heteroatoms. The van der Waals surface area contributed by atoms with Crippen molar-refractivity contribution < 1.29 is 32.4 Å². The molecule has 0 spiro atoms. The third-order valence-electron chi connectivity index (χ3n) is 5.14. The Bertz CT molecular complexity index is 1480. The Kier molecular flexibility index (Phi) is 6.78. The van der Waals surface area contributed by atoms with Crippen molar-refractivity contribution in [2.24, 2.45) is 0 Å². The van der Waals surface area contributed by atoms with E-state index < -0.39 is 34.6 Å². The quantitative estimate of drug-likeness (QED) is 0.173. The lowest BCUT2D eigenvalue weighted by Gasteiger charge is -2.13. The number of nitro benzene ring substituents is 1. The Morgan fingerprint density at radius 3 is 2.58 bits per heavy atom. The molecule has 0 aliphatic heterocycles. The lowest BCUT2D eigenvalue weighted by atomic mass is 10.1. The predicted octanol–water partition coefficient (Wildman–Crippen LogP) is 6.44. The van der Waals surface area contributed by atoms with E-state index >= 15 is 0 Å². The molecule has 4 rings (SSSR count). The number of carbonyl (C=O) groups is 2. The monoisotopic (exact) mass is 535 g/mol. The normalized spacial score (nSPS) is 12.4. The number of fused-ring (bicyclic) bond motifs is 1.